The molecule has 1 aliphatic carbocycles. The molecule has 1 aliphatic heterocycles. The van der Waals surface area contributed by atoms with Gasteiger partial charge >= 0.3 is 0 Å². The average molecular weight is 211 g/mol. The van der Waals surface area contributed by atoms with Crippen molar-refractivity contribution >= 4 is 0 Å². The van der Waals surface area contributed by atoms with E-state index in [4.69, 9.17) is 4.74 Å². The first-order valence-corrected chi connectivity index (χ1v) is 6.80. The lowest BCUT2D eigenvalue weighted by Crippen LogP contribution is -2.17. The molecule has 2 aliphatic rings. The van der Waals surface area contributed by atoms with Gasteiger partial charge in [0.05, 0.1) is 6.10 Å². The molecular formula is C13H25NO. The van der Waals surface area contributed by atoms with Crippen LogP contribution in [0.2, 0.25) is 0 Å². The van der Waals surface area contributed by atoms with Gasteiger partial charge in [-0.05, 0) is 45.1 Å². The number of hydrogen-bond donors (Lipinski definition) is 1. The average Bonchev–Trinajstić information content (AvgIpc) is 2.92. The van der Waals surface area contributed by atoms with E-state index in [1.54, 1.807) is 0 Å². The molecule has 2 nitrogen and oxygen atoms in total. The second-order valence-corrected chi connectivity index (χ2v) is 5.07. The van der Waals surface area contributed by atoms with E-state index in [9.17, 15) is 0 Å². The molecule has 0 bridgehead atoms. The van der Waals surface area contributed by atoms with Gasteiger partial charge in [0.1, 0.15) is 0 Å². The fourth-order valence-electron chi connectivity index (χ4n) is 2.32. The third kappa shape index (κ3) is 4.98. The summed E-state index contributed by atoms with van der Waals surface area (Å²) < 4.78 is 5.61. The van der Waals surface area contributed by atoms with E-state index in [-0.39, 0.29) is 0 Å². The highest BCUT2D eigenvalue weighted by molar-refractivity contribution is 4.80. The predicted molar refractivity (Wildman–Crippen MR) is 63.1 cm³/mol. The van der Waals surface area contributed by atoms with E-state index in [2.05, 4.69) is 5.32 Å². The van der Waals surface area contributed by atoms with Crippen molar-refractivity contribution in [3.8, 4) is 0 Å². The smallest absolute Gasteiger partial charge is 0.0576 e. The number of ether oxygens (including phenoxy) is 1. The molecule has 1 saturated carbocycles. The summed E-state index contributed by atoms with van der Waals surface area (Å²) in [6.07, 6.45) is 12.9. The molecule has 1 N–H and O–H groups in total. The lowest BCUT2D eigenvalue weighted by molar-refractivity contribution is 0.102. The SMILES string of the molecule is C(CCCC1CCCO1)CCNC1CC1. The van der Waals surface area contributed by atoms with Gasteiger partial charge in [0.15, 0.2) is 0 Å². The molecule has 1 heterocycles. The molecule has 2 rings (SSSR count). The Hall–Kier alpha value is -0.0800. The maximum absolute atomic E-state index is 5.61. The molecule has 0 radical (unpaired) electrons. The Morgan fingerprint density at radius 1 is 1.00 bits per heavy atom. The Morgan fingerprint density at radius 2 is 1.87 bits per heavy atom. The zero-order valence-electron chi connectivity index (χ0n) is 9.84. The van der Waals surface area contributed by atoms with Gasteiger partial charge in [0.2, 0.25) is 0 Å². The van der Waals surface area contributed by atoms with Gasteiger partial charge in [-0.15, -0.1) is 0 Å². The van der Waals surface area contributed by atoms with Crippen LogP contribution in [-0.4, -0.2) is 25.3 Å². The monoisotopic (exact) mass is 211 g/mol. The maximum atomic E-state index is 5.61. The summed E-state index contributed by atoms with van der Waals surface area (Å²) in [5.74, 6) is 0. The molecule has 2 fully saturated rings. The van der Waals surface area contributed by atoms with Gasteiger partial charge < -0.3 is 10.1 Å². The molecule has 0 amide bonds. The van der Waals surface area contributed by atoms with Crippen molar-refractivity contribution in [1.82, 2.24) is 5.32 Å². The van der Waals surface area contributed by atoms with Gasteiger partial charge in [0, 0.05) is 12.6 Å². The van der Waals surface area contributed by atoms with E-state index in [1.165, 1.54) is 64.3 Å². The summed E-state index contributed by atoms with van der Waals surface area (Å²) >= 11 is 0. The second-order valence-electron chi connectivity index (χ2n) is 5.07. The molecule has 1 unspecified atom stereocenters. The van der Waals surface area contributed by atoms with Gasteiger partial charge in [-0.3, -0.25) is 0 Å². The van der Waals surface area contributed by atoms with E-state index in [1.807, 2.05) is 0 Å². The number of rotatable bonds is 8. The number of nitrogens with one attached hydrogen (secondary N) is 1. The maximum Gasteiger partial charge on any atom is 0.0576 e. The van der Waals surface area contributed by atoms with Crippen LogP contribution in [-0.2, 0) is 4.74 Å². The van der Waals surface area contributed by atoms with Crippen molar-refractivity contribution in [3.63, 3.8) is 0 Å². The van der Waals surface area contributed by atoms with Crippen LogP contribution in [0.3, 0.4) is 0 Å². The fraction of sp³-hybridized carbons (Fsp3) is 1.00. The summed E-state index contributed by atoms with van der Waals surface area (Å²) in [6.45, 7) is 2.25. The molecule has 1 atom stereocenters. The van der Waals surface area contributed by atoms with Crippen LogP contribution >= 0.6 is 0 Å². The van der Waals surface area contributed by atoms with Crippen molar-refractivity contribution < 1.29 is 4.74 Å². The van der Waals surface area contributed by atoms with E-state index in [0.717, 1.165) is 12.6 Å². The molecule has 0 aromatic carbocycles. The Bertz CT molecular complexity index is 162. The zero-order chi connectivity index (χ0) is 10.3. The van der Waals surface area contributed by atoms with Crippen LogP contribution in [0.4, 0.5) is 0 Å². The Labute approximate surface area is 93.8 Å². The summed E-state index contributed by atoms with van der Waals surface area (Å²) in [5.41, 5.74) is 0. The van der Waals surface area contributed by atoms with Crippen LogP contribution in [0.5, 0.6) is 0 Å². The van der Waals surface area contributed by atoms with Crippen LogP contribution < -0.4 is 5.32 Å². The molecule has 88 valence electrons. The standard InChI is InChI=1S/C13H25NO/c1(2-4-10-14-12-8-9-12)3-6-13-7-5-11-15-13/h12-14H,1-11H2. The third-order valence-electron chi connectivity index (χ3n) is 3.49. The third-order valence-corrected chi connectivity index (χ3v) is 3.49. The first kappa shape index (κ1) is 11.4. The molecule has 2 heteroatoms. The van der Waals surface area contributed by atoms with Crippen molar-refractivity contribution in [2.75, 3.05) is 13.2 Å². The topological polar surface area (TPSA) is 21.3 Å². The van der Waals surface area contributed by atoms with Crippen molar-refractivity contribution in [3.05, 3.63) is 0 Å². The molecule has 0 aromatic heterocycles. The highest BCUT2D eigenvalue weighted by Gasteiger charge is 2.19. The first-order valence-electron chi connectivity index (χ1n) is 6.80. The minimum atomic E-state index is 0.606. The summed E-state index contributed by atoms with van der Waals surface area (Å²) in [6, 6.07) is 0.886. The normalized spacial score (nSPS) is 26.0. The van der Waals surface area contributed by atoms with Gasteiger partial charge in [0.25, 0.3) is 0 Å². The van der Waals surface area contributed by atoms with Crippen LogP contribution in [0, 0.1) is 0 Å². The minimum Gasteiger partial charge on any atom is -0.378 e. The van der Waals surface area contributed by atoms with Gasteiger partial charge in [-0.25, -0.2) is 0 Å². The van der Waals surface area contributed by atoms with E-state index in [0.29, 0.717) is 6.10 Å². The molecule has 0 spiro atoms. The summed E-state index contributed by atoms with van der Waals surface area (Å²) in [7, 11) is 0. The largest absolute Gasteiger partial charge is 0.378 e. The van der Waals surface area contributed by atoms with Crippen LogP contribution in [0.1, 0.15) is 57.8 Å². The van der Waals surface area contributed by atoms with Crippen LogP contribution in [0.15, 0.2) is 0 Å². The predicted octanol–water partition coefficient (Wildman–Crippen LogP) is 2.87. The molecule has 1 saturated heterocycles. The molecule has 15 heavy (non-hydrogen) atoms. The van der Waals surface area contributed by atoms with Gasteiger partial charge in [-0.1, -0.05) is 19.3 Å². The highest BCUT2D eigenvalue weighted by Crippen LogP contribution is 2.19. The Morgan fingerprint density at radius 3 is 2.60 bits per heavy atom. The molecule has 0 aromatic rings. The van der Waals surface area contributed by atoms with Crippen LogP contribution in [0.25, 0.3) is 0 Å². The Kier molecular flexibility index (Phi) is 4.94. The number of unbranched alkanes of at least 4 members (excludes halogenated alkanes) is 3. The lowest BCUT2D eigenvalue weighted by Gasteiger charge is -2.08. The fourth-order valence-corrected chi connectivity index (χ4v) is 2.32. The zero-order valence-corrected chi connectivity index (χ0v) is 9.84. The van der Waals surface area contributed by atoms with Crippen molar-refractivity contribution in [2.24, 2.45) is 0 Å². The summed E-state index contributed by atoms with van der Waals surface area (Å²) in [4.78, 5) is 0. The van der Waals surface area contributed by atoms with Crippen molar-refractivity contribution in [1.29, 1.82) is 0 Å². The molecular weight excluding hydrogens is 186 g/mol. The lowest BCUT2D eigenvalue weighted by atomic mass is 10.1. The van der Waals surface area contributed by atoms with Crippen molar-refractivity contribution in [2.45, 2.75) is 69.9 Å². The van der Waals surface area contributed by atoms with Gasteiger partial charge in [-0.2, -0.15) is 0 Å². The first-order chi connectivity index (χ1) is 7.45. The Balaban J connectivity index is 1.32. The van der Waals surface area contributed by atoms with E-state index < -0.39 is 0 Å². The quantitative estimate of drug-likeness (QED) is 0.623. The highest BCUT2D eigenvalue weighted by atomic mass is 16.5. The van der Waals surface area contributed by atoms with E-state index >= 15 is 0 Å². The minimum absolute atomic E-state index is 0.606. The second kappa shape index (κ2) is 6.49. The summed E-state index contributed by atoms with van der Waals surface area (Å²) in [5, 5.41) is 3.56. The number of hydrogen-bond acceptors (Lipinski definition) is 2.